The van der Waals surface area contributed by atoms with Gasteiger partial charge in [-0.25, -0.2) is 9.97 Å². The van der Waals surface area contributed by atoms with Gasteiger partial charge in [0.15, 0.2) is 11.5 Å². The second kappa shape index (κ2) is 9.05. The van der Waals surface area contributed by atoms with Gasteiger partial charge in [0.2, 0.25) is 5.95 Å². The minimum atomic E-state index is -0.311. The van der Waals surface area contributed by atoms with Crippen molar-refractivity contribution in [3.8, 4) is 11.5 Å². The molecule has 0 atom stereocenters. The molecule has 0 fully saturated rings. The summed E-state index contributed by atoms with van der Waals surface area (Å²) >= 11 is 0. The minimum absolute atomic E-state index is 0.311. The van der Waals surface area contributed by atoms with E-state index in [-0.39, 0.29) is 5.91 Å². The topological polar surface area (TPSA) is 85.4 Å². The Bertz CT molecular complexity index is 1000. The number of aryl methyl sites for hydroxylation is 2. The van der Waals surface area contributed by atoms with Gasteiger partial charge in [-0.15, -0.1) is 0 Å². The van der Waals surface area contributed by atoms with Gasteiger partial charge in [0.1, 0.15) is 0 Å². The van der Waals surface area contributed by atoms with E-state index >= 15 is 0 Å². The molecule has 0 aliphatic carbocycles. The Morgan fingerprint density at radius 2 is 1.76 bits per heavy atom. The molecule has 0 bridgehead atoms. The number of hydrogen-bond donors (Lipinski definition) is 2. The third kappa shape index (κ3) is 4.63. The molecule has 0 unspecified atom stereocenters. The average Bonchev–Trinajstić information content (AvgIpc) is 2.75. The fourth-order valence-electron chi connectivity index (χ4n) is 2.94. The van der Waals surface area contributed by atoms with Crippen LogP contribution in [-0.4, -0.2) is 30.1 Å². The van der Waals surface area contributed by atoms with Gasteiger partial charge in [0.05, 0.1) is 19.8 Å². The molecule has 3 rings (SSSR count). The number of nitrogens with one attached hydrogen (secondary N) is 2. The summed E-state index contributed by atoms with van der Waals surface area (Å²) < 4.78 is 10.5. The zero-order valence-corrected chi connectivity index (χ0v) is 16.9. The molecule has 1 amide bonds. The monoisotopic (exact) mass is 392 g/mol. The number of methoxy groups -OCH3 is 2. The summed E-state index contributed by atoms with van der Waals surface area (Å²) in [5, 5.41) is 6.06. The minimum Gasteiger partial charge on any atom is -0.493 e. The van der Waals surface area contributed by atoms with Crippen molar-refractivity contribution >= 4 is 23.2 Å². The van der Waals surface area contributed by atoms with Crippen LogP contribution >= 0.6 is 0 Å². The smallest absolute Gasteiger partial charge is 0.258 e. The van der Waals surface area contributed by atoms with Crippen molar-refractivity contribution < 1.29 is 14.3 Å². The first kappa shape index (κ1) is 20.1. The first-order valence-corrected chi connectivity index (χ1v) is 9.26. The maximum absolute atomic E-state index is 12.5. The number of nitrogens with zero attached hydrogens (tertiary/aromatic N) is 2. The number of rotatable bonds is 7. The maximum Gasteiger partial charge on any atom is 0.258 e. The van der Waals surface area contributed by atoms with Crippen LogP contribution < -0.4 is 20.1 Å². The quantitative estimate of drug-likeness (QED) is 0.621. The van der Waals surface area contributed by atoms with Crippen LogP contribution in [-0.2, 0) is 6.42 Å². The van der Waals surface area contributed by atoms with Crippen molar-refractivity contribution in [1.82, 2.24) is 9.97 Å². The summed E-state index contributed by atoms with van der Waals surface area (Å²) in [4.78, 5) is 21.1. The molecule has 29 heavy (non-hydrogen) atoms. The molecular formula is C22H24N4O3. The first-order chi connectivity index (χ1) is 14.0. The summed E-state index contributed by atoms with van der Waals surface area (Å²) in [7, 11) is 3.10. The normalized spacial score (nSPS) is 10.3. The van der Waals surface area contributed by atoms with Crippen molar-refractivity contribution in [2.75, 3.05) is 24.9 Å². The lowest BCUT2D eigenvalue weighted by atomic mass is 10.1. The highest BCUT2D eigenvalue weighted by Crippen LogP contribution is 2.30. The van der Waals surface area contributed by atoms with Crippen LogP contribution in [0.5, 0.6) is 11.5 Å². The van der Waals surface area contributed by atoms with Gasteiger partial charge in [-0.1, -0.05) is 25.1 Å². The van der Waals surface area contributed by atoms with Crippen LogP contribution in [0.25, 0.3) is 0 Å². The molecule has 2 N–H and O–H groups in total. The molecule has 3 aromatic rings. The van der Waals surface area contributed by atoms with E-state index in [1.165, 1.54) is 18.0 Å². The van der Waals surface area contributed by atoms with E-state index in [0.717, 1.165) is 17.7 Å². The Labute approximate surface area is 170 Å². The summed E-state index contributed by atoms with van der Waals surface area (Å²) in [5.74, 6) is 1.25. The zero-order chi connectivity index (χ0) is 20.8. The molecule has 2 aromatic carbocycles. The average molecular weight is 392 g/mol. The van der Waals surface area contributed by atoms with Crippen molar-refractivity contribution in [2.45, 2.75) is 20.3 Å². The number of carbonyl (C=O) groups excluding carboxylic acids is 1. The second-order valence-corrected chi connectivity index (χ2v) is 6.41. The first-order valence-electron chi connectivity index (χ1n) is 9.26. The number of carbonyl (C=O) groups is 1. The Hall–Kier alpha value is -3.61. The molecule has 7 nitrogen and oxygen atoms in total. The number of ether oxygens (including phenoxy) is 2. The van der Waals surface area contributed by atoms with Gasteiger partial charge in [0.25, 0.3) is 5.91 Å². The fourth-order valence-corrected chi connectivity index (χ4v) is 2.94. The van der Waals surface area contributed by atoms with E-state index in [9.17, 15) is 4.79 Å². The third-order valence-corrected chi connectivity index (χ3v) is 4.53. The molecule has 0 aliphatic heterocycles. The molecular weight excluding hydrogens is 368 g/mol. The van der Waals surface area contributed by atoms with Gasteiger partial charge in [0, 0.05) is 29.8 Å². The SMILES string of the molecule is CCc1cccc(C)c1Nc1ncc(C(=O)Nc2ccc(OC)c(OC)c2)cn1. The van der Waals surface area contributed by atoms with Crippen LogP contribution in [0.4, 0.5) is 17.3 Å². The lowest BCUT2D eigenvalue weighted by Gasteiger charge is -2.13. The van der Waals surface area contributed by atoms with Crippen LogP contribution in [0.2, 0.25) is 0 Å². The lowest BCUT2D eigenvalue weighted by molar-refractivity contribution is 0.102. The van der Waals surface area contributed by atoms with Crippen molar-refractivity contribution in [2.24, 2.45) is 0 Å². The number of hydrogen-bond acceptors (Lipinski definition) is 6. The van der Waals surface area contributed by atoms with Gasteiger partial charge in [-0.3, -0.25) is 4.79 Å². The number of para-hydroxylation sites is 1. The van der Waals surface area contributed by atoms with Gasteiger partial charge in [-0.2, -0.15) is 0 Å². The zero-order valence-electron chi connectivity index (χ0n) is 16.9. The van der Waals surface area contributed by atoms with Crippen LogP contribution in [0, 0.1) is 6.92 Å². The van der Waals surface area contributed by atoms with Gasteiger partial charge in [-0.05, 0) is 36.6 Å². The van der Waals surface area contributed by atoms with Crippen molar-refractivity contribution in [3.63, 3.8) is 0 Å². The molecule has 0 saturated heterocycles. The van der Waals surface area contributed by atoms with E-state index in [1.54, 1.807) is 32.4 Å². The molecule has 0 aliphatic rings. The lowest BCUT2D eigenvalue weighted by Crippen LogP contribution is -2.13. The summed E-state index contributed by atoms with van der Waals surface area (Å²) in [6.07, 6.45) is 3.89. The van der Waals surface area contributed by atoms with E-state index in [0.29, 0.717) is 28.7 Å². The Morgan fingerprint density at radius 1 is 1.03 bits per heavy atom. The van der Waals surface area contributed by atoms with E-state index < -0.39 is 0 Å². The third-order valence-electron chi connectivity index (χ3n) is 4.53. The number of amides is 1. The molecule has 0 saturated carbocycles. The van der Waals surface area contributed by atoms with Gasteiger partial charge >= 0.3 is 0 Å². The predicted molar refractivity (Wildman–Crippen MR) is 113 cm³/mol. The largest absolute Gasteiger partial charge is 0.493 e. The van der Waals surface area contributed by atoms with Crippen LogP contribution in [0.3, 0.4) is 0 Å². The van der Waals surface area contributed by atoms with E-state index in [4.69, 9.17) is 9.47 Å². The summed E-state index contributed by atoms with van der Waals surface area (Å²) in [6, 6.07) is 11.3. The maximum atomic E-state index is 12.5. The molecule has 150 valence electrons. The van der Waals surface area contributed by atoms with E-state index in [1.807, 2.05) is 19.1 Å². The number of aromatic nitrogens is 2. The molecule has 0 spiro atoms. The molecule has 1 heterocycles. The molecule has 1 aromatic heterocycles. The Morgan fingerprint density at radius 3 is 2.41 bits per heavy atom. The summed E-state index contributed by atoms with van der Waals surface area (Å²) in [6.45, 7) is 4.13. The van der Waals surface area contributed by atoms with E-state index in [2.05, 4.69) is 33.6 Å². The second-order valence-electron chi connectivity index (χ2n) is 6.41. The highest BCUT2D eigenvalue weighted by atomic mass is 16.5. The Balaban J connectivity index is 1.73. The highest BCUT2D eigenvalue weighted by molar-refractivity contribution is 6.04. The van der Waals surface area contributed by atoms with Crippen molar-refractivity contribution in [3.05, 3.63) is 65.5 Å². The number of anilines is 3. The Kier molecular flexibility index (Phi) is 6.29. The molecule has 0 radical (unpaired) electrons. The van der Waals surface area contributed by atoms with Gasteiger partial charge < -0.3 is 20.1 Å². The van der Waals surface area contributed by atoms with Crippen LogP contribution in [0.15, 0.2) is 48.8 Å². The number of benzene rings is 2. The summed E-state index contributed by atoms with van der Waals surface area (Å²) in [5.41, 5.74) is 4.23. The van der Waals surface area contributed by atoms with Crippen LogP contribution in [0.1, 0.15) is 28.4 Å². The molecule has 7 heteroatoms. The predicted octanol–water partition coefficient (Wildman–Crippen LogP) is 4.36. The van der Waals surface area contributed by atoms with Crippen molar-refractivity contribution in [1.29, 1.82) is 0 Å². The standard InChI is InChI=1S/C22H24N4O3/c1-5-15-8-6-7-14(2)20(15)26-22-23-12-16(13-24-22)21(27)25-17-9-10-18(28-3)19(11-17)29-4/h6-13H,5H2,1-4H3,(H,25,27)(H,23,24,26). The fraction of sp³-hybridized carbons (Fsp3) is 0.227. The highest BCUT2D eigenvalue weighted by Gasteiger charge is 2.11.